The van der Waals surface area contributed by atoms with Gasteiger partial charge in [-0.15, -0.1) is 0 Å². The van der Waals surface area contributed by atoms with Crippen LogP contribution in [-0.4, -0.2) is 37.4 Å². The maximum absolute atomic E-state index is 13.4. The van der Waals surface area contributed by atoms with Crippen LogP contribution in [0.15, 0.2) is 65.5 Å². The van der Waals surface area contributed by atoms with Crippen LogP contribution in [0, 0.1) is 0 Å². The zero-order valence-electron chi connectivity index (χ0n) is 19.2. The van der Waals surface area contributed by atoms with E-state index in [4.69, 9.17) is 11.6 Å². The summed E-state index contributed by atoms with van der Waals surface area (Å²) < 4.78 is 2.91. The van der Waals surface area contributed by atoms with Crippen LogP contribution in [0.1, 0.15) is 35.8 Å². The summed E-state index contributed by atoms with van der Waals surface area (Å²) in [6.45, 7) is 2.66. The number of carbonyl (C=O) groups is 2. The zero-order valence-corrected chi connectivity index (χ0v) is 20.0. The SMILES string of the molecule is CCCCN1Cc2c(n(CC(=O)Nc3ccc(Cl)cc3)c3cc(-c4ccccc4)nn3c2=O)C1=O. The van der Waals surface area contributed by atoms with Gasteiger partial charge in [0.1, 0.15) is 17.9 Å². The van der Waals surface area contributed by atoms with Gasteiger partial charge < -0.3 is 14.8 Å². The molecular formula is C26H24ClN5O3. The molecule has 1 aliphatic heterocycles. The minimum Gasteiger partial charge on any atom is -0.333 e. The number of hydrogen-bond acceptors (Lipinski definition) is 4. The normalized spacial score (nSPS) is 12.9. The first-order valence-electron chi connectivity index (χ1n) is 11.5. The van der Waals surface area contributed by atoms with Crippen LogP contribution >= 0.6 is 11.6 Å². The summed E-state index contributed by atoms with van der Waals surface area (Å²) in [6.07, 6.45) is 1.76. The number of nitrogens with one attached hydrogen (secondary N) is 1. The molecule has 2 aromatic heterocycles. The van der Waals surface area contributed by atoms with E-state index in [0.717, 1.165) is 18.4 Å². The minimum absolute atomic E-state index is 0.151. The molecule has 0 saturated heterocycles. The van der Waals surface area contributed by atoms with E-state index in [0.29, 0.717) is 34.2 Å². The number of carbonyl (C=O) groups excluding carboxylic acids is 2. The lowest BCUT2D eigenvalue weighted by Gasteiger charge is -2.16. The second kappa shape index (κ2) is 9.38. The monoisotopic (exact) mass is 489 g/mol. The summed E-state index contributed by atoms with van der Waals surface area (Å²) in [5.74, 6) is -0.572. The number of halogens is 1. The number of hydrogen-bond donors (Lipinski definition) is 1. The van der Waals surface area contributed by atoms with Crippen LogP contribution in [0.4, 0.5) is 5.69 Å². The molecule has 178 valence electrons. The molecule has 3 heterocycles. The average molecular weight is 490 g/mol. The molecule has 9 heteroatoms. The van der Waals surface area contributed by atoms with Gasteiger partial charge in [0.05, 0.1) is 17.8 Å². The highest BCUT2D eigenvalue weighted by Gasteiger charge is 2.34. The van der Waals surface area contributed by atoms with Crippen LogP contribution in [0.3, 0.4) is 0 Å². The van der Waals surface area contributed by atoms with Gasteiger partial charge in [-0.3, -0.25) is 14.4 Å². The van der Waals surface area contributed by atoms with Crippen molar-refractivity contribution in [3.05, 3.63) is 87.3 Å². The molecule has 0 atom stereocenters. The Morgan fingerprint density at radius 2 is 1.83 bits per heavy atom. The standard InChI is InChI=1S/C26H24ClN5O3/c1-2-3-13-30-15-20-24(26(30)35)31(16-22(33)28-19-11-9-18(27)10-12-19)23-14-21(29-32(23)25(20)34)17-7-5-4-6-8-17/h4-12,14H,2-3,13,15-16H2,1H3,(H,28,33). The molecule has 35 heavy (non-hydrogen) atoms. The van der Waals surface area contributed by atoms with Crippen molar-refractivity contribution in [1.29, 1.82) is 0 Å². The molecule has 2 amide bonds. The second-order valence-electron chi connectivity index (χ2n) is 8.52. The van der Waals surface area contributed by atoms with Gasteiger partial charge in [-0.25, -0.2) is 0 Å². The number of amides is 2. The van der Waals surface area contributed by atoms with E-state index < -0.39 is 0 Å². The summed E-state index contributed by atoms with van der Waals surface area (Å²) in [6, 6.07) is 18.0. The molecular weight excluding hydrogens is 466 g/mol. The van der Waals surface area contributed by atoms with E-state index in [1.165, 1.54) is 4.52 Å². The molecule has 0 saturated carbocycles. The van der Waals surface area contributed by atoms with Crippen molar-refractivity contribution in [3.8, 4) is 11.3 Å². The first-order chi connectivity index (χ1) is 17.0. The zero-order chi connectivity index (χ0) is 24.5. The summed E-state index contributed by atoms with van der Waals surface area (Å²) in [4.78, 5) is 41.5. The number of fused-ring (bicyclic) bond motifs is 2. The molecule has 0 spiro atoms. The fourth-order valence-corrected chi connectivity index (χ4v) is 4.46. The highest BCUT2D eigenvalue weighted by atomic mass is 35.5. The maximum Gasteiger partial charge on any atom is 0.280 e. The number of rotatable bonds is 7. The van der Waals surface area contributed by atoms with Crippen LogP contribution in [0.25, 0.3) is 16.9 Å². The van der Waals surface area contributed by atoms with E-state index in [-0.39, 0.29) is 36.2 Å². The summed E-state index contributed by atoms with van der Waals surface area (Å²) in [5.41, 5.74) is 2.69. The predicted molar refractivity (Wildman–Crippen MR) is 135 cm³/mol. The molecule has 0 aliphatic carbocycles. The first-order valence-corrected chi connectivity index (χ1v) is 11.9. The largest absolute Gasteiger partial charge is 0.333 e. The van der Waals surface area contributed by atoms with Crippen LogP contribution in [0.5, 0.6) is 0 Å². The van der Waals surface area contributed by atoms with Crippen molar-refractivity contribution in [2.45, 2.75) is 32.9 Å². The van der Waals surface area contributed by atoms with Gasteiger partial charge in [-0.1, -0.05) is 55.3 Å². The highest BCUT2D eigenvalue weighted by Crippen LogP contribution is 2.25. The molecule has 2 aromatic carbocycles. The van der Waals surface area contributed by atoms with Crippen molar-refractivity contribution in [1.82, 2.24) is 19.1 Å². The van der Waals surface area contributed by atoms with Gasteiger partial charge in [-0.2, -0.15) is 9.61 Å². The molecule has 1 aliphatic rings. The number of anilines is 1. The Morgan fingerprint density at radius 1 is 1.09 bits per heavy atom. The molecule has 0 fully saturated rings. The molecule has 5 rings (SSSR count). The maximum atomic E-state index is 13.4. The predicted octanol–water partition coefficient (Wildman–Crippen LogP) is 4.21. The summed E-state index contributed by atoms with van der Waals surface area (Å²) in [7, 11) is 0. The Hall–Kier alpha value is -3.91. The number of unbranched alkanes of at least 4 members (excludes halogenated alkanes) is 1. The highest BCUT2D eigenvalue weighted by molar-refractivity contribution is 6.30. The average Bonchev–Trinajstić information content (AvgIpc) is 3.45. The third-order valence-corrected chi connectivity index (χ3v) is 6.34. The second-order valence-corrected chi connectivity index (χ2v) is 8.96. The Kier molecular flexibility index (Phi) is 6.13. The van der Waals surface area contributed by atoms with Crippen molar-refractivity contribution in [3.63, 3.8) is 0 Å². The third kappa shape index (κ3) is 4.33. The van der Waals surface area contributed by atoms with Gasteiger partial charge in [0, 0.05) is 28.9 Å². The molecule has 0 unspecified atom stereocenters. The number of nitrogens with zero attached hydrogens (tertiary/aromatic N) is 4. The van der Waals surface area contributed by atoms with Crippen LogP contribution < -0.4 is 10.9 Å². The number of aromatic nitrogens is 3. The Labute approximate surface area is 206 Å². The van der Waals surface area contributed by atoms with Gasteiger partial charge in [-0.05, 0) is 30.7 Å². The quantitative estimate of drug-likeness (QED) is 0.421. The van der Waals surface area contributed by atoms with Crippen LogP contribution in [-0.2, 0) is 17.9 Å². The van der Waals surface area contributed by atoms with Crippen molar-refractivity contribution < 1.29 is 9.59 Å². The number of benzene rings is 2. The Morgan fingerprint density at radius 3 is 2.54 bits per heavy atom. The molecule has 0 bridgehead atoms. The third-order valence-electron chi connectivity index (χ3n) is 6.09. The summed E-state index contributed by atoms with van der Waals surface area (Å²) >= 11 is 5.94. The van der Waals surface area contributed by atoms with Gasteiger partial charge >= 0.3 is 0 Å². The molecule has 0 radical (unpaired) electrons. The Bertz CT molecular complexity index is 1480. The summed E-state index contributed by atoms with van der Waals surface area (Å²) in [5, 5.41) is 7.94. The Balaban J connectivity index is 1.60. The van der Waals surface area contributed by atoms with Crippen molar-refractivity contribution in [2.24, 2.45) is 0 Å². The van der Waals surface area contributed by atoms with E-state index in [1.54, 1.807) is 39.8 Å². The first kappa shape index (κ1) is 22.9. The van der Waals surface area contributed by atoms with Crippen LogP contribution in [0.2, 0.25) is 5.02 Å². The van der Waals surface area contributed by atoms with Gasteiger partial charge in [0.25, 0.3) is 11.5 Å². The lowest BCUT2D eigenvalue weighted by atomic mass is 10.1. The van der Waals surface area contributed by atoms with E-state index >= 15 is 0 Å². The van der Waals surface area contributed by atoms with Crippen molar-refractivity contribution in [2.75, 3.05) is 11.9 Å². The van der Waals surface area contributed by atoms with E-state index in [9.17, 15) is 14.4 Å². The van der Waals surface area contributed by atoms with Gasteiger partial charge in [0.15, 0.2) is 0 Å². The minimum atomic E-state index is -0.334. The van der Waals surface area contributed by atoms with Gasteiger partial charge in [0.2, 0.25) is 5.91 Å². The van der Waals surface area contributed by atoms with E-state index in [2.05, 4.69) is 10.4 Å². The topological polar surface area (TPSA) is 88.7 Å². The smallest absolute Gasteiger partial charge is 0.280 e. The molecule has 1 N–H and O–H groups in total. The van der Waals surface area contributed by atoms with E-state index in [1.807, 2.05) is 37.3 Å². The lowest BCUT2D eigenvalue weighted by Crippen LogP contribution is -2.30. The van der Waals surface area contributed by atoms with Crippen molar-refractivity contribution >= 4 is 34.7 Å². The molecule has 8 nitrogen and oxygen atoms in total. The molecule has 4 aromatic rings. The fourth-order valence-electron chi connectivity index (χ4n) is 4.34. The lowest BCUT2D eigenvalue weighted by molar-refractivity contribution is -0.116. The fraction of sp³-hybridized carbons (Fsp3) is 0.231.